The molecule has 2 heterocycles. The van der Waals surface area contributed by atoms with Crippen molar-refractivity contribution in [1.29, 1.82) is 0 Å². The number of carbonyl (C=O) groups excluding carboxylic acids is 2. The molecule has 1 aliphatic heterocycles. The number of hydrogen-bond acceptors (Lipinski definition) is 6. The van der Waals surface area contributed by atoms with Crippen molar-refractivity contribution in [3.8, 4) is 17.2 Å². The highest BCUT2D eigenvalue weighted by Crippen LogP contribution is 2.28. The lowest BCUT2D eigenvalue weighted by Gasteiger charge is -2.17. The van der Waals surface area contributed by atoms with Crippen LogP contribution in [0.3, 0.4) is 0 Å². The number of benzene rings is 2. The summed E-state index contributed by atoms with van der Waals surface area (Å²) in [4.78, 5) is 31.0. The third-order valence-corrected chi connectivity index (χ3v) is 5.06. The molecule has 30 heavy (non-hydrogen) atoms. The molecule has 0 aliphatic carbocycles. The van der Waals surface area contributed by atoms with E-state index < -0.39 is 5.92 Å². The Morgan fingerprint density at radius 1 is 1.20 bits per heavy atom. The van der Waals surface area contributed by atoms with Gasteiger partial charge in [0.1, 0.15) is 5.75 Å². The van der Waals surface area contributed by atoms with Gasteiger partial charge in [-0.25, -0.2) is 0 Å². The van der Waals surface area contributed by atoms with Gasteiger partial charge >= 0.3 is 0 Å². The number of ether oxygens (including phenoxy) is 1. The van der Waals surface area contributed by atoms with Gasteiger partial charge in [0, 0.05) is 36.3 Å². The van der Waals surface area contributed by atoms with Gasteiger partial charge < -0.3 is 19.5 Å². The van der Waals surface area contributed by atoms with Gasteiger partial charge in [-0.1, -0.05) is 12.1 Å². The molecule has 1 N–H and O–H groups in total. The zero-order valence-corrected chi connectivity index (χ0v) is 16.8. The number of carbonyl (C=O) groups is 2. The molecule has 0 bridgehead atoms. The van der Waals surface area contributed by atoms with E-state index >= 15 is 0 Å². The second-order valence-electron chi connectivity index (χ2n) is 7.04. The highest BCUT2D eigenvalue weighted by atomic mass is 16.5. The van der Waals surface area contributed by atoms with Gasteiger partial charge in [0.2, 0.25) is 11.8 Å². The Morgan fingerprint density at radius 3 is 2.57 bits per heavy atom. The molecule has 3 aromatic rings. The fraction of sp³-hybridized carbons (Fsp3) is 0.273. The van der Waals surface area contributed by atoms with Crippen LogP contribution in [-0.4, -0.2) is 35.6 Å². The van der Waals surface area contributed by atoms with Crippen molar-refractivity contribution in [2.24, 2.45) is 5.92 Å². The fourth-order valence-electron chi connectivity index (χ4n) is 3.35. The highest BCUT2D eigenvalue weighted by Gasteiger charge is 2.35. The van der Waals surface area contributed by atoms with Crippen molar-refractivity contribution in [2.45, 2.75) is 19.8 Å². The molecule has 0 saturated carbocycles. The smallest absolute Gasteiger partial charge is 0.257 e. The Hall–Kier alpha value is -3.68. The molecular formula is C22H22N4O4. The van der Waals surface area contributed by atoms with Gasteiger partial charge in [-0.15, -0.1) is 0 Å². The van der Waals surface area contributed by atoms with E-state index in [1.165, 1.54) is 0 Å². The second kappa shape index (κ2) is 8.36. The minimum Gasteiger partial charge on any atom is -0.497 e. The van der Waals surface area contributed by atoms with Gasteiger partial charge in [0.05, 0.1) is 13.0 Å². The molecule has 8 heteroatoms. The summed E-state index contributed by atoms with van der Waals surface area (Å²) in [7, 11) is 1.59. The number of methoxy groups -OCH3 is 1. The second-order valence-corrected chi connectivity index (χ2v) is 7.04. The van der Waals surface area contributed by atoms with Crippen LogP contribution in [0, 0.1) is 5.92 Å². The molecule has 8 nitrogen and oxygen atoms in total. The first-order valence-corrected chi connectivity index (χ1v) is 9.75. The third kappa shape index (κ3) is 4.03. The van der Waals surface area contributed by atoms with Crippen LogP contribution in [0.5, 0.6) is 5.75 Å². The predicted molar refractivity (Wildman–Crippen MR) is 111 cm³/mol. The SMILES string of the molecule is CCc1noc(-c2ccc(NC(=O)[C@H]3CC(=O)N(c4ccc(OC)cc4)C3)cc2)n1. The molecule has 1 fully saturated rings. The maximum Gasteiger partial charge on any atom is 0.257 e. The molecule has 2 aromatic carbocycles. The topological polar surface area (TPSA) is 97.6 Å². The first kappa shape index (κ1) is 19.6. The van der Waals surface area contributed by atoms with Gasteiger partial charge in [-0.05, 0) is 48.5 Å². The van der Waals surface area contributed by atoms with E-state index in [2.05, 4.69) is 15.5 Å². The maximum absolute atomic E-state index is 12.7. The Morgan fingerprint density at radius 2 is 1.93 bits per heavy atom. The lowest BCUT2D eigenvalue weighted by atomic mass is 10.1. The van der Waals surface area contributed by atoms with Crippen LogP contribution in [0.2, 0.25) is 0 Å². The summed E-state index contributed by atoms with van der Waals surface area (Å²) in [5.74, 6) is 1.14. The lowest BCUT2D eigenvalue weighted by Crippen LogP contribution is -2.28. The van der Waals surface area contributed by atoms with Gasteiger partial charge in [-0.2, -0.15) is 4.98 Å². The number of aromatic nitrogens is 2. The van der Waals surface area contributed by atoms with Crippen molar-refractivity contribution in [3.05, 3.63) is 54.4 Å². The fourth-order valence-corrected chi connectivity index (χ4v) is 3.35. The molecule has 154 valence electrons. The first-order valence-electron chi connectivity index (χ1n) is 9.75. The van der Waals surface area contributed by atoms with Crippen LogP contribution in [-0.2, 0) is 16.0 Å². The number of nitrogens with zero attached hydrogens (tertiary/aromatic N) is 3. The zero-order valence-electron chi connectivity index (χ0n) is 16.8. The van der Waals surface area contributed by atoms with E-state index in [-0.39, 0.29) is 18.2 Å². The van der Waals surface area contributed by atoms with E-state index in [0.717, 1.165) is 17.0 Å². The lowest BCUT2D eigenvalue weighted by molar-refractivity contribution is -0.122. The molecular weight excluding hydrogens is 384 g/mol. The van der Waals surface area contributed by atoms with Crippen molar-refractivity contribution >= 4 is 23.2 Å². The number of anilines is 2. The summed E-state index contributed by atoms with van der Waals surface area (Å²) < 4.78 is 10.4. The van der Waals surface area contributed by atoms with E-state index in [1.54, 1.807) is 36.3 Å². The summed E-state index contributed by atoms with van der Waals surface area (Å²) >= 11 is 0. The summed E-state index contributed by atoms with van der Waals surface area (Å²) in [6, 6.07) is 14.4. The molecule has 0 unspecified atom stereocenters. The van der Waals surface area contributed by atoms with Crippen LogP contribution in [0.4, 0.5) is 11.4 Å². The molecule has 1 aromatic heterocycles. The van der Waals surface area contributed by atoms with E-state index in [1.807, 2.05) is 31.2 Å². The molecule has 1 aliphatic rings. The summed E-state index contributed by atoms with van der Waals surface area (Å²) in [6.07, 6.45) is 0.878. The van der Waals surface area contributed by atoms with Gasteiger partial charge in [0.25, 0.3) is 5.89 Å². The Labute approximate surface area is 173 Å². The number of rotatable bonds is 6. The zero-order chi connectivity index (χ0) is 21.1. The number of amides is 2. The Kier molecular flexibility index (Phi) is 5.47. The minimum atomic E-state index is -0.415. The van der Waals surface area contributed by atoms with Crippen LogP contribution >= 0.6 is 0 Å². The first-order chi connectivity index (χ1) is 14.6. The summed E-state index contributed by atoms with van der Waals surface area (Å²) in [5.41, 5.74) is 2.18. The van der Waals surface area contributed by atoms with Crippen LogP contribution in [0.25, 0.3) is 11.5 Å². The number of nitrogens with one attached hydrogen (secondary N) is 1. The van der Waals surface area contributed by atoms with E-state index in [9.17, 15) is 9.59 Å². The average Bonchev–Trinajstić information content (AvgIpc) is 3.41. The van der Waals surface area contributed by atoms with Gasteiger partial charge in [0.15, 0.2) is 5.82 Å². The number of aryl methyl sites for hydroxylation is 1. The number of hydrogen-bond donors (Lipinski definition) is 1. The van der Waals surface area contributed by atoms with Crippen molar-refractivity contribution in [1.82, 2.24) is 10.1 Å². The molecule has 4 rings (SSSR count). The average molecular weight is 406 g/mol. The monoisotopic (exact) mass is 406 g/mol. The summed E-state index contributed by atoms with van der Waals surface area (Å²) in [5, 5.41) is 6.77. The van der Waals surface area contributed by atoms with Crippen LogP contribution < -0.4 is 15.0 Å². The Bertz CT molecular complexity index is 1040. The standard InChI is InChI=1S/C22H22N4O4/c1-3-19-24-22(30-25-19)14-4-6-16(7-5-14)23-21(28)15-12-20(27)26(13-15)17-8-10-18(29-2)11-9-17/h4-11,15H,3,12-13H2,1-2H3,(H,23,28)/t15-/m0/s1. The van der Waals surface area contributed by atoms with Crippen LogP contribution in [0.1, 0.15) is 19.2 Å². The minimum absolute atomic E-state index is 0.0706. The third-order valence-electron chi connectivity index (χ3n) is 5.06. The molecule has 1 atom stereocenters. The normalized spacial score (nSPS) is 16.0. The predicted octanol–water partition coefficient (Wildman–Crippen LogP) is 3.30. The highest BCUT2D eigenvalue weighted by molar-refractivity contribution is 6.03. The quantitative estimate of drug-likeness (QED) is 0.675. The van der Waals surface area contributed by atoms with Crippen molar-refractivity contribution in [2.75, 3.05) is 23.9 Å². The van der Waals surface area contributed by atoms with E-state index in [4.69, 9.17) is 9.26 Å². The molecule has 0 radical (unpaired) electrons. The molecule has 1 saturated heterocycles. The van der Waals surface area contributed by atoms with Crippen LogP contribution in [0.15, 0.2) is 53.1 Å². The summed E-state index contributed by atoms with van der Waals surface area (Å²) in [6.45, 7) is 2.30. The van der Waals surface area contributed by atoms with Gasteiger partial charge in [-0.3, -0.25) is 9.59 Å². The van der Waals surface area contributed by atoms with Crippen molar-refractivity contribution < 1.29 is 18.8 Å². The van der Waals surface area contributed by atoms with E-state index in [0.29, 0.717) is 30.4 Å². The van der Waals surface area contributed by atoms with Crippen molar-refractivity contribution in [3.63, 3.8) is 0 Å². The maximum atomic E-state index is 12.7. The molecule has 0 spiro atoms. The molecule has 2 amide bonds. The largest absolute Gasteiger partial charge is 0.497 e. The Balaban J connectivity index is 1.39.